The molecule has 7 heteroatoms. The van der Waals surface area contributed by atoms with E-state index in [1.165, 1.54) is 0 Å². The maximum atomic E-state index is 11.0. The zero-order valence-corrected chi connectivity index (χ0v) is 10.4. The van der Waals surface area contributed by atoms with Crippen molar-refractivity contribution < 1.29 is 13.2 Å². The van der Waals surface area contributed by atoms with Gasteiger partial charge < -0.3 is 10.6 Å². The molecule has 0 spiro atoms. The molecule has 0 atom stereocenters. The first-order valence-corrected chi connectivity index (χ1v) is 6.46. The van der Waals surface area contributed by atoms with Gasteiger partial charge in [0.05, 0.1) is 12.8 Å². The van der Waals surface area contributed by atoms with Crippen LogP contribution < -0.4 is 15.4 Å². The van der Waals surface area contributed by atoms with Crippen LogP contribution in [0.3, 0.4) is 0 Å². The van der Waals surface area contributed by atoms with E-state index in [1.54, 1.807) is 20.9 Å². The average Bonchev–Trinajstić information content (AvgIpc) is 1.98. The van der Waals surface area contributed by atoms with Crippen molar-refractivity contribution in [3.05, 3.63) is 0 Å². The first-order valence-electron chi connectivity index (χ1n) is 4.56. The second-order valence-corrected chi connectivity index (χ2v) is 5.78. The highest BCUT2D eigenvalue weighted by Gasteiger charge is 2.21. The van der Waals surface area contributed by atoms with Gasteiger partial charge in [-0.1, -0.05) is 0 Å². The molecule has 0 aliphatic rings. The van der Waals surface area contributed by atoms with Crippen LogP contribution in [-0.2, 0) is 14.8 Å². The summed E-state index contributed by atoms with van der Waals surface area (Å²) in [4.78, 5) is 10.9. The van der Waals surface area contributed by atoms with Gasteiger partial charge in [0.25, 0.3) is 0 Å². The van der Waals surface area contributed by atoms with E-state index in [0.29, 0.717) is 6.54 Å². The van der Waals surface area contributed by atoms with Gasteiger partial charge in [0.15, 0.2) is 0 Å². The number of likely N-dealkylation sites (N-methyl/N-ethyl adjacent to an activating group) is 1. The molecule has 0 rings (SSSR count). The monoisotopic (exact) mass is 237 g/mol. The third kappa shape index (κ3) is 8.34. The summed E-state index contributed by atoms with van der Waals surface area (Å²) in [5.41, 5.74) is -0.610. The Labute approximate surface area is 90.9 Å². The first kappa shape index (κ1) is 14.3. The third-order valence-electron chi connectivity index (χ3n) is 1.59. The minimum Gasteiger partial charge on any atom is -0.358 e. The van der Waals surface area contributed by atoms with Gasteiger partial charge in [0, 0.05) is 19.1 Å². The van der Waals surface area contributed by atoms with Crippen LogP contribution in [0.1, 0.15) is 13.8 Å². The molecular weight excluding hydrogens is 218 g/mol. The van der Waals surface area contributed by atoms with Crippen molar-refractivity contribution in [3.8, 4) is 0 Å². The van der Waals surface area contributed by atoms with Crippen molar-refractivity contribution in [3.63, 3.8) is 0 Å². The lowest BCUT2D eigenvalue weighted by Crippen LogP contribution is -2.51. The molecule has 90 valence electrons. The second kappa shape index (κ2) is 5.43. The van der Waals surface area contributed by atoms with Gasteiger partial charge >= 0.3 is 0 Å². The molecule has 0 aliphatic heterocycles. The van der Waals surface area contributed by atoms with Crippen molar-refractivity contribution in [1.29, 1.82) is 0 Å². The van der Waals surface area contributed by atoms with E-state index >= 15 is 0 Å². The van der Waals surface area contributed by atoms with E-state index in [4.69, 9.17) is 0 Å². The third-order valence-corrected chi connectivity index (χ3v) is 2.52. The van der Waals surface area contributed by atoms with Crippen molar-refractivity contribution in [2.75, 3.05) is 26.4 Å². The van der Waals surface area contributed by atoms with Crippen molar-refractivity contribution in [1.82, 2.24) is 15.4 Å². The van der Waals surface area contributed by atoms with Crippen LogP contribution in [0.25, 0.3) is 0 Å². The molecule has 3 N–H and O–H groups in total. The summed E-state index contributed by atoms with van der Waals surface area (Å²) < 4.78 is 24.4. The quantitative estimate of drug-likeness (QED) is 0.533. The molecule has 0 aromatic carbocycles. The molecular formula is C8H19N3O3S. The zero-order valence-electron chi connectivity index (χ0n) is 9.55. The van der Waals surface area contributed by atoms with E-state index in [9.17, 15) is 13.2 Å². The van der Waals surface area contributed by atoms with Crippen LogP contribution in [0.4, 0.5) is 0 Å². The fraction of sp³-hybridized carbons (Fsp3) is 0.875. The Bertz CT molecular complexity index is 311. The summed E-state index contributed by atoms with van der Waals surface area (Å²) in [5, 5.41) is 5.32. The summed E-state index contributed by atoms with van der Waals surface area (Å²) in [7, 11) is -1.68. The van der Waals surface area contributed by atoms with Crippen molar-refractivity contribution >= 4 is 15.9 Å². The van der Waals surface area contributed by atoms with Crippen LogP contribution in [0.15, 0.2) is 0 Å². The lowest BCUT2D eigenvalue weighted by atomic mass is 10.1. The standard InChI is InChI=1S/C8H19N3O3S/c1-8(2,11-15(4,13)14)6-10-5-7(12)9-3/h10-11H,5-6H2,1-4H3,(H,9,12). The normalized spacial score (nSPS) is 12.5. The summed E-state index contributed by atoms with van der Waals surface area (Å²) in [6.07, 6.45) is 1.10. The van der Waals surface area contributed by atoms with Gasteiger partial charge in [-0.25, -0.2) is 13.1 Å². The van der Waals surface area contributed by atoms with Gasteiger partial charge in [-0.15, -0.1) is 0 Å². The van der Waals surface area contributed by atoms with Gasteiger partial charge in [-0.05, 0) is 13.8 Å². The van der Waals surface area contributed by atoms with E-state index in [2.05, 4.69) is 15.4 Å². The van der Waals surface area contributed by atoms with Crippen molar-refractivity contribution in [2.24, 2.45) is 0 Å². The molecule has 1 amide bonds. The van der Waals surface area contributed by atoms with E-state index in [-0.39, 0.29) is 12.5 Å². The van der Waals surface area contributed by atoms with Crippen LogP contribution in [0, 0.1) is 0 Å². The summed E-state index contributed by atoms with van der Waals surface area (Å²) in [6.45, 7) is 4.04. The SMILES string of the molecule is CNC(=O)CNCC(C)(C)NS(C)(=O)=O. The van der Waals surface area contributed by atoms with E-state index in [0.717, 1.165) is 6.26 Å². The second-order valence-electron chi connectivity index (χ2n) is 4.03. The fourth-order valence-electron chi connectivity index (χ4n) is 1.11. The Balaban J connectivity index is 4.00. The minimum absolute atomic E-state index is 0.134. The van der Waals surface area contributed by atoms with Gasteiger partial charge in [0.2, 0.25) is 15.9 Å². The van der Waals surface area contributed by atoms with Crippen LogP contribution >= 0.6 is 0 Å². The van der Waals surface area contributed by atoms with E-state index < -0.39 is 15.6 Å². The molecule has 15 heavy (non-hydrogen) atoms. The maximum absolute atomic E-state index is 11.0. The number of sulfonamides is 1. The number of hydrogen-bond donors (Lipinski definition) is 3. The first-order chi connectivity index (χ1) is 6.66. The highest BCUT2D eigenvalue weighted by Crippen LogP contribution is 2.01. The molecule has 0 fully saturated rings. The lowest BCUT2D eigenvalue weighted by Gasteiger charge is -2.25. The number of nitrogens with one attached hydrogen (secondary N) is 3. The highest BCUT2D eigenvalue weighted by molar-refractivity contribution is 7.88. The predicted molar refractivity (Wildman–Crippen MR) is 59.0 cm³/mol. The topological polar surface area (TPSA) is 87.3 Å². The average molecular weight is 237 g/mol. The van der Waals surface area contributed by atoms with Crippen LogP contribution in [0.2, 0.25) is 0 Å². The number of carbonyl (C=O) groups is 1. The Morgan fingerprint density at radius 3 is 2.27 bits per heavy atom. The minimum atomic E-state index is -3.23. The molecule has 0 heterocycles. The fourth-order valence-corrected chi connectivity index (χ4v) is 2.19. The molecule has 0 radical (unpaired) electrons. The number of hydrogen-bond acceptors (Lipinski definition) is 4. The summed E-state index contributed by atoms with van der Waals surface area (Å²) in [6, 6.07) is 0. The summed E-state index contributed by atoms with van der Waals surface area (Å²) in [5.74, 6) is -0.134. The van der Waals surface area contributed by atoms with Crippen LogP contribution in [-0.4, -0.2) is 46.3 Å². The van der Waals surface area contributed by atoms with Gasteiger partial charge in [0.1, 0.15) is 0 Å². The largest absolute Gasteiger partial charge is 0.358 e. The maximum Gasteiger partial charge on any atom is 0.233 e. The van der Waals surface area contributed by atoms with Crippen LogP contribution in [0.5, 0.6) is 0 Å². The zero-order chi connectivity index (χ0) is 12.1. The summed E-state index contributed by atoms with van der Waals surface area (Å²) >= 11 is 0. The van der Waals surface area contributed by atoms with E-state index in [1.807, 2.05) is 0 Å². The molecule has 0 saturated heterocycles. The molecule has 0 saturated carbocycles. The molecule has 0 unspecified atom stereocenters. The van der Waals surface area contributed by atoms with Gasteiger partial charge in [-0.2, -0.15) is 0 Å². The Hall–Kier alpha value is -0.660. The van der Waals surface area contributed by atoms with Gasteiger partial charge in [-0.3, -0.25) is 4.79 Å². The number of carbonyl (C=O) groups excluding carboxylic acids is 1. The smallest absolute Gasteiger partial charge is 0.233 e. The molecule has 0 aromatic heterocycles. The molecule has 0 aromatic rings. The lowest BCUT2D eigenvalue weighted by molar-refractivity contribution is -0.119. The Morgan fingerprint density at radius 2 is 1.87 bits per heavy atom. The number of rotatable bonds is 6. The molecule has 0 aliphatic carbocycles. The Morgan fingerprint density at radius 1 is 1.33 bits per heavy atom. The highest BCUT2D eigenvalue weighted by atomic mass is 32.2. The molecule has 6 nitrogen and oxygen atoms in total. The Kier molecular flexibility index (Phi) is 5.19. The molecule has 0 bridgehead atoms. The van der Waals surface area contributed by atoms with Crippen molar-refractivity contribution in [2.45, 2.75) is 19.4 Å². The predicted octanol–water partition coefficient (Wildman–Crippen LogP) is -1.35. The number of amides is 1.